The molecule has 3 heterocycles. The van der Waals surface area contributed by atoms with Gasteiger partial charge in [-0.1, -0.05) is 30.3 Å². The Morgan fingerprint density at radius 1 is 0.897 bits per heavy atom. The van der Waals surface area contributed by atoms with Crippen molar-refractivity contribution in [3.05, 3.63) is 85.5 Å². The first kappa shape index (κ1) is 17.3. The van der Waals surface area contributed by atoms with E-state index in [0.29, 0.717) is 22.7 Å². The summed E-state index contributed by atoms with van der Waals surface area (Å²) >= 11 is 0. The quantitative estimate of drug-likeness (QED) is 0.495. The van der Waals surface area contributed by atoms with Crippen LogP contribution in [0.25, 0.3) is 27.9 Å². The molecule has 29 heavy (non-hydrogen) atoms. The number of nitrogens with one attached hydrogen (secondary N) is 1. The Labute approximate surface area is 166 Å². The maximum Gasteiger partial charge on any atom is 0.264 e. The third kappa shape index (κ3) is 3.19. The van der Waals surface area contributed by atoms with Gasteiger partial charge in [-0.25, -0.2) is 18.4 Å². The number of anilines is 1. The number of aromatic nitrogens is 4. The topological polar surface area (TPSA) is 89.2 Å². The van der Waals surface area contributed by atoms with Crippen LogP contribution in [-0.4, -0.2) is 27.8 Å². The van der Waals surface area contributed by atoms with Gasteiger partial charge >= 0.3 is 0 Å². The van der Waals surface area contributed by atoms with E-state index in [1.165, 1.54) is 0 Å². The molecule has 5 aromatic rings. The first-order chi connectivity index (χ1) is 14.1. The van der Waals surface area contributed by atoms with E-state index >= 15 is 0 Å². The van der Waals surface area contributed by atoms with E-state index in [0.717, 1.165) is 10.9 Å². The van der Waals surface area contributed by atoms with Gasteiger partial charge in [-0.05, 0) is 30.3 Å². The molecule has 8 heteroatoms. The highest BCUT2D eigenvalue weighted by Crippen LogP contribution is 2.26. The molecule has 1 N–H and O–H groups in total. The molecule has 0 spiro atoms. The number of para-hydroxylation sites is 1. The summed E-state index contributed by atoms with van der Waals surface area (Å²) in [5.74, 6) is 0.579. The normalized spacial score (nSPS) is 11.7. The Balaban J connectivity index is 1.52. The van der Waals surface area contributed by atoms with Crippen LogP contribution in [0.15, 0.2) is 90.3 Å². The number of hydrogen-bond acceptors (Lipinski definition) is 5. The molecule has 0 radical (unpaired) electrons. The van der Waals surface area contributed by atoms with Gasteiger partial charge in [0.2, 0.25) is 5.78 Å². The Morgan fingerprint density at radius 3 is 2.62 bits per heavy atom. The van der Waals surface area contributed by atoms with Crippen molar-refractivity contribution in [2.75, 3.05) is 4.72 Å². The van der Waals surface area contributed by atoms with Gasteiger partial charge in [-0.15, -0.1) is 0 Å². The van der Waals surface area contributed by atoms with Crippen molar-refractivity contribution in [3.63, 3.8) is 0 Å². The fourth-order valence-electron chi connectivity index (χ4n) is 3.21. The van der Waals surface area contributed by atoms with Crippen LogP contribution in [0.4, 0.5) is 5.69 Å². The van der Waals surface area contributed by atoms with Crippen molar-refractivity contribution in [3.8, 4) is 11.3 Å². The predicted octanol–water partition coefficient (Wildman–Crippen LogP) is 3.75. The molecule has 0 amide bonds. The number of hydrogen-bond donors (Lipinski definition) is 1. The zero-order valence-electron chi connectivity index (χ0n) is 15.1. The average molecular weight is 401 g/mol. The monoisotopic (exact) mass is 401 g/mol. The maximum atomic E-state index is 13.0. The second kappa shape index (κ2) is 6.68. The van der Waals surface area contributed by atoms with E-state index in [2.05, 4.69) is 19.7 Å². The van der Waals surface area contributed by atoms with Crippen LogP contribution in [0.2, 0.25) is 0 Å². The molecular formula is C21H15N5O2S. The first-order valence-corrected chi connectivity index (χ1v) is 10.4. The Bertz CT molecular complexity index is 1420. The smallest absolute Gasteiger partial charge is 0.264 e. The lowest BCUT2D eigenvalue weighted by Crippen LogP contribution is -2.13. The summed E-state index contributed by atoms with van der Waals surface area (Å²) in [5, 5.41) is 0.765. The van der Waals surface area contributed by atoms with Crippen LogP contribution in [0.5, 0.6) is 0 Å². The van der Waals surface area contributed by atoms with E-state index < -0.39 is 10.0 Å². The van der Waals surface area contributed by atoms with Crippen LogP contribution in [0.3, 0.4) is 0 Å². The maximum absolute atomic E-state index is 13.0. The highest BCUT2D eigenvalue weighted by molar-refractivity contribution is 7.93. The fraction of sp³-hybridized carbons (Fsp3) is 0. The molecule has 0 atom stereocenters. The lowest BCUT2D eigenvalue weighted by atomic mass is 10.1. The zero-order chi connectivity index (χ0) is 19.8. The minimum atomic E-state index is -3.81. The van der Waals surface area contributed by atoms with Crippen LogP contribution in [0.1, 0.15) is 0 Å². The van der Waals surface area contributed by atoms with E-state index in [4.69, 9.17) is 0 Å². The van der Waals surface area contributed by atoms with Gasteiger partial charge in [0.25, 0.3) is 10.0 Å². The number of sulfonamides is 1. The van der Waals surface area contributed by atoms with Gasteiger partial charge in [0.05, 0.1) is 11.2 Å². The van der Waals surface area contributed by atoms with Crippen LogP contribution in [-0.2, 0) is 10.0 Å². The number of fused-ring (bicyclic) bond motifs is 2. The third-order valence-electron chi connectivity index (χ3n) is 4.53. The molecule has 5 rings (SSSR count). The van der Waals surface area contributed by atoms with E-state index in [1.807, 2.05) is 41.1 Å². The molecule has 2 aromatic carbocycles. The fourth-order valence-corrected chi connectivity index (χ4v) is 4.44. The standard InChI is InChI=1S/C21H15N5O2S/c27-29(28,19-9-2-5-15-7-3-10-22-20(15)19)25-17-8-1-6-16(13-17)18-14-26-12-4-11-23-21(26)24-18/h1-14,25H. The van der Waals surface area contributed by atoms with Gasteiger partial charge in [0.1, 0.15) is 4.90 Å². The molecule has 0 saturated heterocycles. The summed E-state index contributed by atoms with van der Waals surface area (Å²) < 4.78 is 30.5. The van der Waals surface area contributed by atoms with E-state index in [9.17, 15) is 8.42 Å². The molecule has 142 valence electrons. The van der Waals surface area contributed by atoms with Gasteiger partial charge in [-0.3, -0.25) is 14.1 Å². The Kier molecular flexibility index (Phi) is 3.99. The molecule has 3 aromatic heterocycles. The van der Waals surface area contributed by atoms with Crippen molar-refractivity contribution in [1.29, 1.82) is 0 Å². The molecule has 0 unspecified atom stereocenters. The zero-order valence-corrected chi connectivity index (χ0v) is 15.9. The molecule has 7 nitrogen and oxygen atoms in total. The molecule has 0 fully saturated rings. The van der Waals surface area contributed by atoms with Crippen molar-refractivity contribution in [1.82, 2.24) is 19.4 Å². The van der Waals surface area contributed by atoms with Crippen LogP contribution in [0, 0.1) is 0 Å². The Morgan fingerprint density at radius 2 is 1.72 bits per heavy atom. The SMILES string of the molecule is O=S(=O)(Nc1cccc(-c2cn3cccnc3n2)c1)c1cccc2cccnc12. The van der Waals surface area contributed by atoms with Crippen LogP contribution >= 0.6 is 0 Å². The summed E-state index contributed by atoms with van der Waals surface area (Å²) in [4.78, 5) is 13.1. The number of nitrogens with zero attached hydrogens (tertiary/aromatic N) is 4. The largest absolute Gasteiger partial charge is 0.291 e. The molecule has 0 aliphatic heterocycles. The second-order valence-electron chi connectivity index (χ2n) is 6.47. The second-order valence-corrected chi connectivity index (χ2v) is 8.12. The molecule has 0 aliphatic carbocycles. The molecule has 0 aliphatic rings. The van der Waals surface area contributed by atoms with Gasteiger partial charge in [-0.2, -0.15) is 0 Å². The van der Waals surface area contributed by atoms with E-state index in [1.54, 1.807) is 48.8 Å². The highest BCUT2D eigenvalue weighted by Gasteiger charge is 2.18. The molecule has 0 bridgehead atoms. The molecular weight excluding hydrogens is 386 g/mol. The van der Waals surface area contributed by atoms with Gasteiger partial charge in [0, 0.05) is 41.4 Å². The number of imidazole rings is 1. The summed E-state index contributed by atoms with van der Waals surface area (Å²) in [6, 6.07) is 17.6. The van der Waals surface area contributed by atoms with Gasteiger partial charge in [0.15, 0.2) is 0 Å². The van der Waals surface area contributed by atoms with Crippen molar-refractivity contribution >= 4 is 32.4 Å². The summed E-state index contributed by atoms with van der Waals surface area (Å²) in [6.45, 7) is 0. The molecule has 0 saturated carbocycles. The highest BCUT2D eigenvalue weighted by atomic mass is 32.2. The average Bonchev–Trinajstić information content (AvgIpc) is 3.17. The van der Waals surface area contributed by atoms with Crippen molar-refractivity contribution < 1.29 is 8.42 Å². The summed E-state index contributed by atoms with van der Waals surface area (Å²) in [5.41, 5.74) is 2.37. The van der Waals surface area contributed by atoms with Crippen LogP contribution < -0.4 is 4.72 Å². The van der Waals surface area contributed by atoms with Crippen molar-refractivity contribution in [2.45, 2.75) is 4.90 Å². The third-order valence-corrected chi connectivity index (χ3v) is 5.94. The predicted molar refractivity (Wildman–Crippen MR) is 111 cm³/mol. The summed E-state index contributed by atoms with van der Waals surface area (Å²) in [6.07, 6.45) is 6.97. The minimum absolute atomic E-state index is 0.137. The lowest BCUT2D eigenvalue weighted by Gasteiger charge is -2.10. The number of pyridine rings is 1. The van der Waals surface area contributed by atoms with Gasteiger partial charge < -0.3 is 0 Å². The summed E-state index contributed by atoms with van der Waals surface area (Å²) in [7, 11) is -3.81. The number of benzene rings is 2. The van der Waals surface area contributed by atoms with Crippen molar-refractivity contribution in [2.24, 2.45) is 0 Å². The lowest BCUT2D eigenvalue weighted by molar-refractivity contribution is 0.602. The minimum Gasteiger partial charge on any atom is -0.291 e. The number of rotatable bonds is 4. The van der Waals surface area contributed by atoms with E-state index in [-0.39, 0.29) is 4.90 Å². The first-order valence-electron chi connectivity index (χ1n) is 8.87. The Hall–Kier alpha value is -3.78.